The first-order valence-electron chi connectivity index (χ1n) is 2.70. The van der Waals surface area contributed by atoms with E-state index in [9.17, 15) is 21.6 Å². The highest BCUT2D eigenvalue weighted by molar-refractivity contribution is 7.95. The zero-order chi connectivity index (χ0) is 9.28. The van der Waals surface area contributed by atoms with Crippen molar-refractivity contribution in [2.45, 2.75) is 13.1 Å². The van der Waals surface area contributed by atoms with Crippen LogP contribution in [0.25, 0.3) is 0 Å². The molecule has 0 saturated carbocycles. The molecule has 0 aromatic carbocycles. The normalized spacial score (nSPS) is 13.1. The van der Waals surface area contributed by atoms with E-state index in [0.29, 0.717) is 0 Å². The van der Waals surface area contributed by atoms with Crippen LogP contribution in [0.5, 0.6) is 0 Å². The fourth-order valence-electron chi connectivity index (χ4n) is 0.351. The maximum Gasteiger partial charge on any atom is 0.426 e. The Labute approximate surface area is 62.6 Å². The molecule has 0 spiro atoms. The molecule has 66 valence electrons. The third kappa shape index (κ3) is 2.53. The predicted molar refractivity (Wildman–Crippen MR) is 34.7 cm³/mol. The van der Waals surface area contributed by atoms with Gasteiger partial charge in [-0.3, -0.25) is 0 Å². The molecule has 0 aliphatic heterocycles. The van der Waals surface area contributed by atoms with Crippen LogP contribution in [0.2, 0.25) is 0 Å². The summed E-state index contributed by atoms with van der Waals surface area (Å²) < 4.78 is 56.0. The molecule has 0 bridgehead atoms. The minimum atomic E-state index is -4.84. The quantitative estimate of drug-likeness (QED) is 0.658. The Bertz CT molecular complexity index is 249. The van der Waals surface area contributed by atoms with E-state index >= 15 is 0 Å². The first kappa shape index (κ1) is 10.5. The molecule has 0 aliphatic rings. The topological polar surface area (TPSA) is 34.1 Å². The van der Waals surface area contributed by atoms with Crippen LogP contribution in [-0.4, -0.2) is 20.3 Å². The summed E-state index contributed by atoms with van der Waals surface area (Å²) in [4.78, 5) is -1.67. The number of sulfone groups is 1. The molecule has 0 aliphatic carbocycles. The zero-order valence-corrected chi connectivity index (χ0v) is 6.59. The van der Waals surface area contributed by atoms with Gasteiger partial charge < -0.3 is 0 Å². The molecule has 0 atom stereocenters. The van der Waals surface area contributed by atoms with Gasteiger partial charge in [0, 0.05) is 0 Å². The van der Waals surface area contributed by atoms with E-state index in [1.807, 2.05) is 0 Å². The van der Waals surface area contributed by atoms with Crippen molar-refractivity contribution < 1.29 is 21.6 Å². The van der Waals surface area contributed by atoms with Gasteiger partial charge >= 0.3 is 6.18 Å². The van der Waals surface area contributed by atoms with Gasteiger partial charge in [-0.25, -0.2) is 8.42 Å². The first-order chi connectivity index (χ1) is 4.72. The molecule has 0 N–H and O–H groups in total. The van der Waals surface area contributed by atoms with Gasteiger partial charge in [0.2, 0.25) is 0 Å². The Kier molecular flexibility index (Phi) is 2.71. The smallest absolute Gasteiger partial charge is 0.224 e. The summed E-state index contributed by atoms with van der Waals surface area (Å²) in [5.41, 5.74) is 0. The molecular formula is C5H7F3O2S. The largest absolute Gasteiger partial charge is 0.426 e. The van der Waals surface area contributed by atoms with Gasteiger partial charge in [0.15, 0.2) is 9.84 Å². The number of halogens is 3. The van der Waals surface area contributed by atoms with Crippen molar-refractivity contribution in [2.75, 3.05) is 5.75 Å². The summed E-state index contributed by atoms with van der Waals surface area (Å²) in [6.07, 6.45) is -4.84. The van der Waals surface area contributed by atoms with Crippen LogP contribution in [-0.2, 0) is 9.84 Å². The maximum absolute atomic E-state index is 11.7. The van der Waals surface area contributed by atoms with Crippen LogP contribution < -0.4 is 0 Å². The average molecular weight is 188 g/mol. The summed E-state index contributed by atoms with van der Waals surface area (Å²) in [5, 5.41) is 0. The molecule has 0 aromatic heterocycles. The predicted octanol–water partition coefficient (Wildman–Crippen LogP) is 1.50. The van der Waals surface area contributed by atoms with Crippen molar-refractivity contribution in [3.05, 3.63) is 11.5 Å². The Balaban J connectivity index is 4.81. The minimum Gasteiger partial charge on any atom is -0.224 e. The number of hydrogen-bond donors (Lipinski definition) is 0. The highest BCUT2D eigenvalue weighted by Crippen LogP contribution is 2.28. The first-order valence-corrected chi connectivity index (χ1v) is 4.36. The van der Waals surface area contributed by atoms with Gasteiger partial charge in [-0.15, -0.1) is 0 Å². The second-order valence-electron chi connectivity index (χ2n) is 1.82. The van der Waals surface area contributed by atoms with Crippen molar-refractivity contribution in [3.8, 4) is 0 Å². The van der Waals surface area contributed by atoms with Gasteiger partial charge in [0.25, 0.3) is 0 Å². The second-order valence-corrected chi connectivity index (χ2v) is 4.12. The maximum atomic E-state index is 11.7. The van der Waals surface area contributed by atoms with Crippen molar-refractivity contribution in [3.63, 3.8) is 0 Å². The lowest BCUT2D eigenvalue weighted by Crippen LogP contribution is -2.20. The SMILES string of the molecule is C=C(C(F)(F)F)S(=O)(=O)CC. The van der Waals surface area contributed by atoms with Crippen LogP contribution in [0.4, 0.5) is 13.2 Å². The van der Waals surface area contributed by atoms with E-state index < -0.39 is 26.7 Å². The fourth-order valence-corrected chi connectivity index (χ4v) is 1.05. The van der Waals surface area contributed by atoms with E-state index in [4.69, 9.17) is 0 Å². The highest BCUT2D eigenvalue weighted by atomic mass is 32.2. The fraction of sp³-hybridized carbons (Fsp3) is 0.600. The van der Waals surface area contributed by atoms with Crippen molar-refractivity contribution in [2.24, 2.45) is 0 Å². The Hall–Kier alpha value is -0.520. The van der Waals surface area contributed by atoms with Crippen molar-refractivity contribution >= 4 is 9.84 Å². The summed E-state index contributed by atoms with van der Waals surface area (Å²) in [5.74, 6) is -0.578. The molecule has 2 nitrogen and oxygen atoms in total. The van der Waals surface area contributed by atoms with Crippen LogP contribution in [0.15, 0.2) is 11.5 Å². The molecule has 0 rings (SSSR count). The minimum absolute atomic E-state index is 0.578. The van der Waals surface area contributed by atoms with Crippen molar-refractivity contribution in [1.82, 2.24) is 0 Å². The van der Waals surface area contributed by atoms with Gasteiger partial charge in [0.05, 0.1) is 5.75 Å². The molecule has 0 saturated heterocycles. The molecule has 11 heavy (non-hydrogen) atoms. The van der Waals surface area contributed by atoms with Gasteiger partial charge in [-0.05, 0) is 0 Å². The molecule has 0 unspecified atom stereocenters. The highest BCUT2D eigenvalue weighted by Gasteiger charge is 2.39. The second kappa shape index (κ2) is 2.84. The van der Waals surface area contributed by atoms with E-state index in [2.05, 4.69) is 6.58 Å². The Morgan fingerprint density at radius 1 is 1.45 bits per heavy atom. The lowest BCUT2D eigenvalue weighted by Gasteiger charge is -2.08. The Morgan fingerprint density at radius 2 is 1.82 bits per heavy atom. The standard InChI is InChI=1S/C5H7F3O2S/c1-3-11(9,10)4(2)5(6,7)8/h2-3H2,1H3. The summed E-state index contributed by atoms with van der Waals surface area (Å²) in [6.45, 7) is 3.59. The Morgan fingerprint density at radius 3 is 1.91 bits per heavy atom. The third-order valence-corrected chi connectivity index (χ3v) is 2.81. The molecule has 0 amide bonds. The molecular weight excluding hydrogens is 181 g/mol. The molecule has 0 fully saturated rings. The van der Waals surface area contributed by atoms with Crippen LogP contribution >= 0.6 is 0 Å². The lowest BCUT2D eigenvalue weighted by molar-refractivity contribution is -0.0841. The van der Waals surface area contributed by atoms with Gasteiger partial charge in [-0.2, -0.15) is 13.2 Å². The van der Waals surface area contributed by atoms with E-state index in [1.54, 1.807) is 0 Å². The van der Waals surface area contributed by atoms with E-state index in [1.165, 1.54) is 0 Å². The zero-order valence-electron chi connectivity index (χ0n) is 5.77. The van der Waals surface area contributed by atoms with E-state index in [-0.39, 0.29) is 0 Å². The average Bonchev–Trinajstić information content (AvgIpc) is 1.84. The molecule has 6 heteroatoms. The number of hydrogen-bond acceptors (Lipinski definition) is 2. The molecule has 0 radical (unpaired) electrons. The number of allylic oxidation sites excluding steroid dienone is 1. The van der Waals surface area contributed by atoms with Crippen molar-refractivity contribution in [1.29, 1.82) is 0 Å². The van der Waals surface area contributed by atoms with Gasteiger partial charge in [0.1, 0.15) is 4.91 Å². The molecule has 0 heterocycles. The number of rotatable bonds is 2. The monoisotopic (exact) mass is 188 g/mol. The summed E-state index contributed by atoms with van der Waals surface area (Å²) >= 11 is 0. The molecule has 0 aromatic rings. The summed E-state index contributed by atoms with van der Waals surface area (Å²) in [7, 11) is -4.18. The van der Waals surface area contributed by atoms with E-state index in [0.717, 1.165) is 6.92 Å². The van der Waals surface area contributed by atoms with Crippen LogP contribution in [0.3, 0.4) is 0 Å². The lowest BCUT2D eigenvalue weighted by atomic mass is 10.6. The summed E-state index contributed by atoms with van der Waals surface area (Å²) in [6, 6.07) is 0. The van der Waals surface area contributed by atoms with Gasteiger partial charge in [-0.1, -0.05) is 13.5 Å². The van der Waals surface area contributed by atoms with Crippen LogP contribution in [0, 0.1) is 0 Å². The third-order valence-electron chi connectivity index (χ3n) is 1.07. The van der Waals surface area contributed by atoms with Crippen LogP contribution in [0.1, 0.15) is 6.92 Å². The number of alkyl halides is 3.